The van der Waals surface area contributed by atoms with E-state index < -0.39 is 33.1 Å². The number of allylic oxidation sites excluding steroid dienone is 1. The van der Waals surface area contributed by atoms with E-state index in [0.717, 1.165) is 0 Å². The first-order chi connectivity index (χ1) is 7.90. The lowest BCUT2D eigenvalue weighted by Gasteiger charge is -2.19. The standard InChI is InChI=1S/C6H3FN4O6/c7-5-4(8-12)3(10(14)15)1-2-6(5,9-13)11(16)17/h1-2,5H. The summed E-state index contributed by atoms with van der Waals surface area (Å²) in [5, 5.41) is 24.9. The number of alkyl halides is 1. The molecule has 0 aromatic carbocycles. The maximum atomic E-state index is 13.6. The Morgan fingerprint density at radius 1 is 1.35 bits per heavy atom. The highest BCUT2D eigenvalue weighted by Gasteiger charge is 2.58. The fourth-order valence-electron chi connectivity index (χ4n) is 1.21. The van der Waals surface area contributed by atoms with Gasteiger partial charge in [-0.3, -0.25) is 20.2 Å². The van der Waals surface area contributed by atoms with Gasteiger partial charge in [-0.2, -0.15) is 0 Å². The second-order valence-corrected chi connectivity index (χ2v) is 2.95. The Bertz CT molecular complexity index is 473. The molecule has 2 atom stereocenters. The van der Waals surface area contributed by atoms with E-state index in [9.17, 15) is 34.4 Å². The van der Waals surface area contributed by atoms with Gasteiger partial charge in [-0.15, -0.1) is 9.81 Å². The number of hydrogen-bond acceptors (Lipinski definition) is 8. The molecule has 11 heteroatoms. The van der Waals surface area contributed by atoms with Crippen LogP contribution in [0.4, 0.5) is 4.39 Å². The monoisotopic (exact) mass is 246 g/mol. The molecule has 0 N–H and O–H groups in total. The van der Waals surface area contributed by atoms with Gasteiger partial charge < -0.3 is 0 Å². The summed E-state index contributed by atoms with van der Waals surface area (Å²) in [5.41, 5.74) is -5.48. The lowest BCUT2D eigenvalue weighted by atomic mass is 9.96. The summed E-state index contributed by atoms with van der Waals surface area (Å²) in [6.07, 6.45) is -2.13. The fourth-order valence-corrected chi connectivity index (χ4v) is 1.21. The van der Waals surface area contributed by atoms with Crippen molar-refractivity contribution in [2.24, 2.45) is 10.4 Å². The van der Waals surface area contributed by atoms with Crippen molar-refractivity contribution in [2.75, 3.05) is 0 Å². The maximum Gasteiger partial charge on any atom is 0.404 e. The van der Waals surface area contributed by atoms with Crippen LogP contribution in [0.2, 0.25) is 0 Å². The third kappa shape index (κ3) is 1.66. The van der Waals surface area contributed by atoms with E-state index in [-0.39, 0.29) is 0 Å². The summed E-state index contributed by atoms with van der Waals surface area (Å²) in [6.45, 7) is 0. The van der Waals surface area contributed by atoms with Crippen LogP contribution in [0.25, 0.3) is 0 Å². The molecule has 2 unspecified atom stereocenters. The summed E-state index contributed by atoms with van der Waals surface area (Å²) < 4.78 is 13.6. The van der Waals surface area contributed by atoms with Crippen molar-refractivity contribution < 1.29 is 14.2 Å². The Labute approximate surface area is 91.0 Å². The van der Waals surface area contributed by atoms with E-state index in [0.29, 0.717) is 12.2 Å². The van der Waals surface area contributed by atoms with Gasteiger partial charge in [0, 0.05) is 17.3 Å². The minimum absolute atomic E-state index is 0.317. The van der Waals surface area contributed by atoms with Crippen molar-refractivity contribution in [3.05, 3.63) is 53.6 Å². The number of hydrogen-bond donors (Lipinski definition) is 0. The number of halogens is 1. The first-order valence-electron chi connectivity index (χ1n) is 3.95. The summed E-state index contributed by atoms with van der Waals surface area (Å²) in [4.78, 5) is 39.0. The lowest BCUT2D eigenvalue weighted by molar-refractivity contribution is -0.562. The average molecular weight is 246 g/mol. The Kier molecular flexibility index (Phi) is 3.02. The van der Waals surface area contributed by atoms with Gasteiger partial charge >= 0.3 is 5.66 Å². The fraction of sp³-hybridized carbons (Fsp3) is 0.333. The third-order valence-corrected chi connectivity index (χ3v) is 2.10. The van der Waals surface area contributed by atoms with Gasteiger partial charge in [0.25, 0.3) is 11.9 Å². The van der Waals surface area contributed by atoms with Gasteiger partial charge in [0.05, 0.1) is 9.85 Å². The molecule has 0 spiro atoms. The second-order valence-electron chi connectivity index (χ2n) is 2.95. The van der Waals surface area contributed by atoms with Crippen molar-refractivity contribution in [2.45, 2.75) is 11.8 Å². The van der Waals surface area contributed by atoms with Crippen molar-refractivity contribution >= 4 is 0 Å². The van der Waals surface area contributed by atoms with Crippen LogP contribution in [-0.4, -0.2) is 21.7 Å². The molecule has 0 heterocycles. The molecule has 17 heavy (non-hydrogen) atoms. The number of nitroso groups, excluding NO2 is 2. The highest BCUT2D eigenvalue weighted by molar-refractivity contribution is 5.33. The van der Waals surface area contributed by atoms with Gasteiger partial charge in [-0.1, -0.05) is 0 Å². The zero-order valence-electron chi connectivity index (χ0n) is 7.85. The van der Waals surface area contributed by atoms with Crippen LogP contribution in [0.1, 0.15) is 0 Å². The molecule has 0 aliphatic heterocycles. The molecule has 90 valence electrons. The van der Waals surface area contributed by atoms with Crippen LogP contribution >= 0.6 is 0 Å². The maximum absolute atomic E-state index is 13.6. The van der Waals surface area contributed by atoms with Crippen molar-refractivity contribution in [1.29, 1.82) is 0 Å². The highest BCUT2D eigenvalue weighted by Crippen LogP contribution is 2.34. The van der Waals surface area contributed by atoms with Crippen molar-refractivity contribution in [3.8, 4) is 0 Å². The van der Waals surface area contributed by atoms with Crippen LogP contribution < -0.4 is 0 Å². The van der Waals surface area contributed by atoms with Crippen molar-refractivity contribution in [1.82, 2.24) is 0 Å². The normalized spacial score (nSPS) is 27.7. The van der Waals surface area contributed by atoms with Gasteiger partial charge in [0.1, 0.15) is 0 Å². The van der Waals surface area contributed by atoms with Crippen LogP contribution in [-0.2, 0) is 0 Å². The van der Waals surface area contributed by atoms with E-state index >= 15 is 0 Å². The van der Waals surface area contributed by atoms with E-state index in [2.05, 4.69) is 0 Å². The second kappa shape index (κ2) is 4.11. The molecule has 0 bridgehead atoms. The summed E-state index contributed by atoms with van der Waals surface area (Å²) in [6, 6.07) is 0. The molecule has 10 nitrogen and oxygen atoms in total. The van der Waals surface area contributed by atoms with Gasteiger partial charge in [-0.05, 0) is 5.18 Å². The van der Waals surface area contributed by atoms with E-state index in [1.807, 2.05) is 10.4 Å². The molecule has 0 aromatic heterocycles. The minimum atomic E-state index is -3.09. The van der Waals surface area contributed by atoms with Crippen molar-refractivity contribution in [3.63, 3.8) is 0 Å². The molecule has 0 saturated heterocycles. The first kappa shape index (κ1) is 12.5. The molecule has 1 aliphatic carbocycles. The molecular formula is C6H3FN4O6. The average Bonchev–Trinajstić information content (AvgIpc) is 2.28. The zero-order chi connectivity index (χ0) is 13.2. The SMILES string of the molecule is O=NC1=C([N+](=O)[O-])C=CC(N=O)([N+](=O)[O-])C1F. The Morgan fingerprint density at radius 3 is 2.29 bits per heavy atom. The lowest BCUT2D eigenvalue weighted by Crippen LogP contribution is -2.46. The van der Waals surface area contributed by atoms with Gasteiger partial charge in [0.2, 0.25) is 5.70 Å². The first-order valence-corrected chi connectivity index (χ1v) is 3.95. The van der Waals surface area contributed by atoms with E-state index in [4.69, 9.17) is 0 Å². The van der Waals surface area contributed by atoms with Gasteiger partial charge in [-0.25, -0.2) is 4.39 Å². The smallest absolute Gasteiger partial charge is 0.261 e. The van der Waals surface area contributed by atoms with Gasteiger partial charge in [0.15, 0.2) is 0 Å². The minimum Gasteiger partial charge on any atom is -0.261 e. The molecule has 0 saturated carbocycles. The molecule has 1 rings (SSSR count). The molecule has 0 aromatic rings. The van der Waals surface area contributed by atoms with Crippen LogP contribution in [0.15, 0.2) is 33.9 Å². The third-order valence-electron chi connectivity index (χ3n) is 2.10. The Hall–Kier alpha value is -2.59. The van der Waals surface area contributed by atoms with Crippen LogP contribution in [0, 0.1) is 30.0 Å². The van der Waals surface area contributed by atoms with E-state index in [1.165, 1.54) is 0 Å². The number of nitrogens with zero attached hydrogens (tertiary/aromatic N) is 4. The summed E-state index contributed by atoms with van der Waals surface area (Å²) in [5.74, 6) is 0. The Morgan fingerprint density at radius 2 is 1.94 bits per heavy atom. The highest BCUT2D eigenvalue weighted by atomic mass is 19.1. The quantitative estimate of drug-likeness (QED) is 0.408. The molecule has 0 radical (unpaired) electrons. The predicted octanol–water partition coefficient (Wildman–Crippen LogP) is 0.888. The largest absolute Gasteiger partial charge is 0.404 e. The van der Waals surface area contributed by atoms with E-state index in [1.54, 1.807) is 0 Å². The zero-order valence-corrected chi connectivity index (χ0v) is 7.85. The summed E-state index contributed by atoms with van der Waals surface area (Å²) >= 11 is 0. The number of nitro groups is 2. The predicted molar refractivity (Wildman–Crippen MR) is 49.4 cm³/mol. The number of rotatable bonds is 4. The molecule has 0 fully saturated rings. The van der Waals surface area contributed by atoms with Crippen LogP contribution in [0.3, 0.4) is 0 Å². The molecular weight excluding hydrogens is 243 g/mol. The molecule has 1 aliphatic rings. The summed E-state index contributed by atoms with van der Waals surface area (Å²) in [7, 11) is 0. The Balaban J connectivity index is 3.42. The van der Waals surface area contributed by atoms with Crippen LogP contribution in [0.5, 0.6) is 0 Å². The topological polar surface area (TPSA) is 145 Å². The molecule has 0 amide bonds.